The fraction of sp³-hybridized carbons (Fsp3) is 0.444. The molecule has 1 aromatic rings. The SMILES string of the molecule is CCN(CC(=O)OC)S(=O)(=O)c1cc([N+](=O)[O-])c(Cl)s1. The van der Waals surface area contributed by atoms with Crippen molar-refractivity contribution >= 4 is 44.6 Å². The lowest BCUT2D eigenvalue weighted by Gasteiger charge is -2.17. The van der Waals surface area contributed by atoms with Crippen LogP contribution < -0.4 is 0 Å². The van der Waals surface area contributed by atoms with Gasteiger partial charge >= 0.3 is 5.97 Å². The Morgan fingerprint density at radius 3 is 2.60 bits per heavy atom. The zero-order valence-electron chi connectivity index (χ0n) is 10.5. The number of nitro groups is 1. The van der Waals surface area contributed by atoms with Crippen molar-refractivity contribution in [1.82, 2.24) is 4.31 Å². The van der Waals surface area contributed by atoms with Crippen molar-refractivity contribution in [2.24, 2.45) is 0 Å². The predicted octanol–water partition coefficient (Wildman–Crippen LogP) is 1.49. The lowest BCUT2D eigenvalue weighted by Crippen LogP contribution is -2.35. The summed E-state index contributed by atoms with van der Waals surface area (Å²) >= 11 is 6.20. The molecule has 8 nitrogen and oxygen atoms in total. The number of hydrogen-bond acceptors (Lipinski definition) is 7. The molecule has 0 aromatic carbocycles. The van der Waals surface area contributed by atoms with E-state index >= 15 is 0 Å². The van der Waals surface area contributed by atoms with Gasteiger partial charge in [-0.3, -0.25) is 14.9 Å². The topological polar surface area (TPSA) is 107 Å². The van der Waals surface area contributed by atoms with Gasteiger partial charge in [0.15, 0.2) is 4.34 Å². The molecule has 0 radical (unpaired) electrons. The van der Waals surface area contributed by atoms with Crippen LogP contribution in [0.25, 0.3) is 0 Å². The van der Waals surface area contributed by atoms with Gasteiger partial charge < -0.3 is 4.74 Å². The number of ether oxygens (including phenoxy) is 1. The average Bonchev–Trinajstić information content (AvgIpc) is 2.78. The predicted molar refractivity (Wildman–Crippen MR) is 72.4 cm³/mol. The van der Waals surface area contributed by atoms with E-state index in [0.717, 1.165) is 17.5 Å². The van der Waals surface area contributed by atoms with E-state index in [4.69, 9.17) is 11.6 Å². The maximum absolute atomic E-state index is 12.3. The second-order valence-corrected chi connectivity index (χ2v) is 7.31. The highest BCUT2D eigenvalue weighted by Gasteiger charge is 2.31. The quantitative estimate of drug-likeness (QED) is 0.440. The number of likely N-dealkylation sites (N-methyl/N-ethyl adjacent to an activating group) is 1. The molecule has 1 rings (SSSR count). The van der Waals surface area contributed by atoms with Crippen LogP contribution in [0.1, 0.15) is 6.92 Å². The monoisotopic (exact) mass is 342 g/mol. The smallest absolute Gasteiger partial charge is 0.321 e. The average molecular weight is 343 g/mol. The van der Waals surface area contributed by atoms with Gasteiger partial charge in [-0.05, 0) is 0 Å². The Kier molecular flexibility index (Phi) is 5.45. The molecule has 0 fully saturated rings. The fourth-order valence-corrected chi connectivity index (χ4v) is 4.51. The Labute approximate surface area is 124 Å². The van der Waals surface area contributed by atoms with Gasteiger partial charge in [0.2, 0.25) is 0 Å². The molecular formula is C9H11ClN2O6S2. The highest BCUT2D eigenvalue weighted by atomic mass is 35.5. The standard InChI is InChI=1S/C9H11ClN2O6S2/c1-3-11(5-7(13)18-2)20(16,17)8-4-6(12(14)15)9(10)19-8/h4H,3,5H2,1-2H3. The van der Waals surface area contributed by atoms with Gasteiger partial charge in [0, 0.05) is 12.6 Å². The van der Waals surface area contributed by atoms with Crippen molar-refractivity contribution in [2.45, 2.75) is 11.1 Å². The first-order chi connectivity index (χ1) is 9.23. The lowest BCUT2D eigenvalue weighted by atomic mass is 10.6. The summed E-state index contributed by atoms with van der Waals surface area (Å²) in [7, 11) is -2.89. The molecule has 0 bridgehead atoms. The molecule has 1 heterocycles. The van der Waals surface area contributed by atoms with Crippen LogP contribution in [0.4, 0.5) is 5.69 Å². The minimum atomic E-state index is -4.03. The molecule has 11 heteroatoms. The highest BCUT2D eigenvalue weighted by molar-refractivity contribution is 7.91. The molecule has 0 atom stereocenters. The number of methoxy groups -OCH3 is 1. The summed E-state index contributed by atoms with van der Waals surface area (Å²) in [5.41, 5.74) is -0.482. The second kappa shape index (κ2) is 6.48. The van der Waals surface area contributed by atoms with Crippen LogP contribution >= 0.6 is 22.9 Å². The van der Waals surface area contributed by atoms with Crippen LogP contribution in [-0.2, 0) is 19.6 Å². The van der Waals surface area contributed by atoms with E-state index in [0.29, 0.717) is 11.3 Å². The molecule has 0 unspecified atom stereocenters. The summed E-state index contributed by atoms with van der Waals surface area (Å²) in [5, 5.41) is 10.7. The summed E-state index contributed by atoms with van der Waals surface area (Å²) < 4.78 is 29.2. The number of sulfonamides is 1. The molecule has 0 aliphatic rings. The van der Waals surface area contributed by atoms with Gasteiger partial charge in [-0.25, -0.2) is 8.42 Å². The van der Waals surface area contributed by atoms with E-state index < -0.39 is 33.1 Å². The van der Waals surface area contributed by atoms with Gasteiger partial charge in [0.1, 0.15) is 10.8 Å². The van der Waals surface area contributed by atoms with Crippen LogP contribution in [0.15, 0.2) is 10.3 Å². The van der Waals surface area contributed by atoms with E-state index in [9.17, 15) is 23.3 Å². The van der Waals surface area contributed by atoms with E-state index in [-0.39, 0.29) is 15.1 Å². The van der Waals surface area contributed by atoms with Crippen molar-refractivity contribution in [2.75, 3.05) is 20.2 Å². The van der Waals surface area contributed by atoms with Crippen molar-refractivity contribution in [3.05, 3.63) is 20.5 Å². The van der Waals surface area contributed by atoms with Gasteiger partial charge in [0.05, 0.1) is 12.0 Å². The Morgan fingerprint density at radius 2 is 2.20 bits per heavy atom. The van der Waals surface area contributed by atoms with Gasteiger partial charge in [-0.15, -0.1) is 11.3 Å². The number of hydrogen-bond donors (Lipinski definition) is 0. The molecule has 0 saturated heterocycles. The molecule has 0 aliphatic heterocycles. The molecule has 0 aliphatic carbocycles. The Morgan fingerprint density at radius 1 is 1.60 bits per heavy atom. The number of nitrogens with zero attached hydrogens (tertiary/aromatic N) is 2. The van der Waals surface area contributed by atoms with Gasteiger partial charge in [-0.2, -0.15) is 4.31 Å². The molecule has 0 saturated carbocycles. The number of halogens is 1. The Bertz CT molecular complexity index is 626. The Hall–Kier alpha value is -1.23. The number of carbonyl (C=O) groups excluding carboxylic acids is 1. The van der Waals surface area contributed by atoms with E-state index in [1.54, 1.807) is 0 Å². The third-order valence-electron chi connectivity index (χ3n) is 2.32. The third kappa shape index (κ3) is 3.45. The maximum atomic E-state index is 12.3. The minimum absolute atomic E-state index is 0.0146. The summed E-state index contributed by atoms with van der Waals surface area (Å²) in [6.07, 6.45) is 0. The van der Waals surface area contributed by atoms with Gasteiger partial charge in [-0.1, -0.05) is 18.5 Å². The van der Waals surface area contributed by atoms with Crippen molar-refractivity contribution in [1.29, 1.82) is 0 Å². The van der Waals surface area contributed by atoms with Crippen LogP contribution in [0.3, 0.4) is 0 Å². The fourth-order valence-electron chi connectivity index (χ4n) is 1.29. The van der Waals surface area contributed by atoms with Crippen LogP contribution in [0.2, 0.25) is 4.34 Å². The molecule has 20 heavy (non-hydrogen) atoms. The largest absolute Gasteiger partial charge is 0.468 e. The number of thiophene rings is 1. The summed E-state index contributed by atoms with van der Waals surface area (Å²) in [4.78, 5) is 21.1. The molecule has 0 amide bonds. The number of carbonyl (C=O) groups is 1. The zero-order chi connectivity index (χ0) is 15.5. The lowest BCUT2D eigenvalue weighted by molar-refractivity contribution is -0.384. The van der Waals surface area contributed by atoms with Crippen LogP contribution in [-0.4, -0.2) is 43.8 Å². The number of rotatable bonds is 6. The first-order valence-electron chi connectivity index (χ1n) is 5.24. The second-order valence-electron chi connectivity index (χ2n) is 3.49. The number of esters is 1. The summed E-state index contributed by atoms with van der Waals surface area (Å²) in [6.45, 7) is 1.07. The molecule has 1 aromatic heterocycles. The van der Waals surface area contributed by atoms with Crippen LogP contribution in [0.5, 0.6) is 0 Å². The molecule has 112 valence electrons. The van der Waals surface area contributed by atoms with Crippen molar-refractivity contribution in [3.63, 3.8) is 0 Å². The van der Waals surface area contributed by atoms with Gasteiger partial charge in [0.25, 0.3) is 15.7 Å². The minimum Gasteiger partial charge on any atom is -0.468 e. The molecule has 0 N–H and O–H groups in total. The zero-order valence-corrected chi connectivity index (χ0v) is 12.9. The summed E-state index contributed by atoms with van der Waals surface area (Å²) in [6, 6.07) is 0.877. The molecule has 0 spiro atoms. The first-order valence-corrected chi connectivity index (χ1v) is 7.88. The highest BCUT2D eigenvalue weighted by Crippen LogP contribution is 2.37. The van der Waals surface area contributed by atoms with E-state index in [1.807, 2.05) is 0 Å². The van der Waals surface area contributed by atoms with Crippen LogP contribution in [0, 0.1) is 10.1 Å². The van der Waals surface area contributed by atoms with E-state index in [1.165, 1.54) is 6.92 Å². The Balaban J connectivity index is 3.17. The van der Waals surface area contributed by atoms with Crippen molar-refractivity contribution in [3.8, 4) is 0 Å². The third-order valence-corrected chi connectivity index (χ3v) is 6.03. The van der Waals surface area contributed by atoms with Crippen molar-refractivity contribution < 1.29 is 22.9 Å². The van der Waals surface area contributed by atoms with E-state index in [2.05, 4.69) is 4.74 Å². The summed E-state index contributed by atoms with van der Waals surface area (Å²) in [5.74, 6) is -0.729. The normalized spacial score (nSPS) is 11.6. The first kappa shape index (κ1) is 16.8. The molecular weight excluding hydrogens is 332 g/mol. The maximum Gasteiger partial charge on any atom is 0.321 e.